The van der Waals surface area contributed by atoms with Crippen molar-refractivity contribution in [2.75, 3.05) is 26.2 Å². The second kappa shape index (κ2) is 17.6. The van der Waals surface area contributed by atoms with Crippen molar-refractivity contribution in [3.8, 4) is 11.1 Å². The highest BCUT2D eigenvalue weighted by Gasteiger charge is 2.30. The Balaban J connectivity index is 1.59. The van der Waals surface area contributed by atoms with Gasteiger partial charge in [0, 0.05) is 24.4 Å². The summed E-state index contributed by atoms with van der Waals surface area (Å²) in [5, 5.41) is 11.1. The molecule has 0 radical (unpaired) electrons. The summed E-state index contributed by atoms with van der Waals surface area (Å²) in [6.07, 6.45) is 1.50. The van der Waals surface area contributed by atoms with Crippen LogP contribution >= 0.6 is 0 Å². The fourth-order valence-corrected chi connectivity index (χ4v) is 5.12. The Labute approximate surface area is 284 Å². The maximum absolute atomic E-state index is 13.1. The number of amides is 4. The van der Waals surface area contributed by atoms with Crippen molar-refractivity contribution in [3.05, 3.63) is 59.7 Å². The number of guanidine groups is 1. The number of aliphatic imine (C=N–C) groups is 1. The van der Waals surface area contributed by atoms with Crippen LogP contribution in [-0.2, 0) is 19.1 Å². The number of carbonyl (C=O) groups is 4. The first kappa shape index (κ1) is 38.0. The Morgan fingerprint density at radius 3 is 1.98 bits per heavy atom. The van der Waals surface area contributed by atoms with Gasteiger partial charge in [0.05, 0.1) is 0 Å². The average Bonchev–Trinajstić information content (AvgIpc) is 3.33. The fourth-order valence-electron chi connectivity index (χ4n) is 5.12. The molecular formula is C36H52N6O6. The van der Waals surface area contributed by atoms with Crippen molar-refractivity contribution < 1.29 is 28.7 Å². The van der Waals surface area contributed by atoms with Crippen molar-refractivity contribution >= 4 is 30.0 Å². The Morgan fingerprint density at radius 2 is 1.40 bits per heavy atom. The first-order chi connectivity index (χ1) is 22.7. The molecule has 1 aliphatic carbocycles. The number of carbonyl (C=O) groups excluding carboxylic acids is 4. The van der Waals surface area contributed by atoms with E-state index in [9.17, 15) is 19.2 Å². The predicted molar refractivity (Wildman–Crippen MR) is 186 cm³/mol. The van der Waals surface area contributed by atoms with Crippen LogP contribution in [0.2, 0.25) is 0 Å². The van der Waals surface area contributed by atoms with Crippen molar-refractivity contribution in [1.29, 1.82) is 0 Å². The number of nitrogens with one attached hydrogen (secondary N) is 4. The maximum Gasteiger partial charge on any atom is 0.414 e. The molecular weight excluding hydrogens is 612 g/mol. The highest BCUT2D eigenvalue weighted by Crippen LogP contribution is 2.44. The largest absolute Gasteiger partial charge is 0.449 e. The van der Waals surface area contributed by atoms with Gasteiger partial charge in [-0.3, -0.25) is 14.9 Å². The van der Waals surface area contributed by atoms with Crippen LogP contribution in [0.1, 0.15) is 90.7 Å². The third kappa shape index (κ3) is 12.0. The van der Waals surface area contributed by atoms with E-state index >= 15 is 0 Å². The van der Waals surface area contributed by atoms with Crippen LogP contribution in [0.3, 0.4) is 0 Å². The monoisotopic (exact) mass is 664 g/mol. The van der Waals surface area contributed by atoms with E-state index in [1.54, 1.807) is 41.5 Å². The van der Waals surface area contributed by atoms with E-state index in [0.29, 0.717) is 38.9 Å². The van der Waals surface area contributed by atoms with Crippen molar-refractivity contribution in [2.24, 2.45) is 16.1 Å². The van der Waals surface area contributed by atoms with Crippen LogP contribution < -0.4 is 27.0 Å². The summed E-state index contributed by atoms with van der Waals surface area (Å²) >= 11 is 0. The molecule has 2 aromatic rings. The van der Waals surface area contributed by atoms with E-state index in [2.05, 4.69) is 38.4 Å². The molecule has 0 heterocycles. The summed E-state index contributed by atoms with van der Waals surface area (Å²) in [7, 11) is 0. The molecule has 2 aromatic carbocycles. The van der Waals surface area contributed by atoms with E-state index in [0.717, 1.165) is 35.1 Å². The number of ether oxygens (including phenoxy) is 2. The van der Waals surface area contributed by atoms with Gasteiger partial charge in [-0.1, -0.05) is 69.3 Å². The van der Waals surface area contributed by atoms with Crippen LogP contribution in [-0.4, -0.2) is 67.8 Å². The third-order valence-corrected chi connectivity index (χ3v) is 7.57. The summed E-state index contributed by atoms with van der Waals surface area (Å²) in [6.45, 7) is 11.8. The number of unbranched alkanes of at least 4 members (excludes halogenated alkanes) is 2. The molecule has 1 unspecified atom stereocenters. The molecule has 1 atom stereocenters. The minimum atomic E-state index is -0.825. The summed E-state index contributed by atoms with van der Waals surface area (Å²) in [5.41, 5.74) is 8.55. The molecule has 12 nitrogen and oxygen atoms in total. The van der Waals surface area contributed by atoms with E-state index in [-0.39, 0.29) is 24.4 Å². The van der Waals surface area contributed by atoms with Gasteiger partial charge in [0.15, 0.2) is 0 Å². The second-order valence-electron chi connectivity index (χ2n) is 13.9. The standard InChI is InChI=1S/C36H52N6O6/c1-35(2,3)31(44)41-32(42-34(46)48-36(4,5)6)39-22-13-11-19-29(30(43)38-21-14-12-20-37)40-33(45)47-23-28-26-17-9-7-15-24(26)25-16-8-10-18-27(25)28/h7-10,15-18,28-29H,11-14,19-23,37H2,1-6H3,(H,38,43)(H,40,45)(H2,39,41,42,44,46). The number of rotatable bonds is 13. The van der Waals surface area contributed by atoms with Gasteiger partial charge in [-0.05, 0) is 81.7 Å². The zero-order valence-corrected chi connectivity index (χ0v) is 29.1. The molecule has 262 valence electrons. The lowest BCUT2D eigenvalue weighted by Gasteiger charge is -2.21. The average molecular weight is 665 g/mol. The summed E-state index contributed by atoms with van der Waals surface area (Å²) in [6, 6.07) is 15.3. The summed E-state index contributed by atoms with van der Waals surface area (Å²) in [4.78, 5) is 55.1. The van der Waals surface area contributed by atoms with Crippen LogP contribution in [0.4, 0.5) is 9.59 Å². The Kier molecular flexibility index (Phi) is 14.0. The second-order valence-corrected chi connectivity index (χ2v) is 13.9. The smallest absolute Gasteiger partial charge is 0.414 e. The molecule has 0 fully saturated rings. The lowest BCUT2D eigenvalue weighted by Crippen LogP contribution is -2.47. The number of benzene rings is 2. The number of alkyl carbamates (subject to hydrolysis) is 2. The molecule has 0 aliphatic heterocycles. The van der Waals surface area contributed by atoms with Crippen LogP contribution in [0.5, 0.6) is 0 Å². The molecule has 0 saturated carbocycles. The first-order valence-electron chi connectivity index (χ1n) is 16.7. The molecule has 0 spiro atoms. The van der Waals surface area contributed by atoms with Crippen molar-refractivity contribution in [3.63, 3.8) is 0 Å². The molecule has 1 aliphatic rings. The molecule has 4 amide bonds. The minimum Gasteiger partial charge on any atom is -0.449 e. The predicted octanol–water partition coefficient (Wildman–Crippen LogP) is 4.96. The van der Waals surface area contributed by atoms with Gasteiger partial charge in [0.25, 0.3) is 5.91 Å². The highest BCUT2D eigenvalue weighted by molar-refractivity contribution is 6.01. The van der Waals surface area contributed by atoms with Crippen LogP contribution in [0.25, 0.3) is 11.1 Å². The molecule has 0 aromatic heterocycles. The van der Waals surface area contributed by atoms with E-state index < -0.39 is 35.2 Å². The maximum atomic E-state index is 13.1. The van der Waals surface area contributed by atoms with Gasteiger partial charge < -0.3 is 31.2 Å². The Morgan fingerprint density at radius 1 is 0.812 bits per heavy atom. The van der Waals surface area contributed by atoms with Gasteiger partial charge in [-0.15, -0.1) is 0 Å². The lowest BCUT2D eigenvalue weighted by molar-refractivity contribution is -0.125. The van der Waals surface area contributed by atoms with Gasteiger partial charge >= 0.3 is 12.2 Å². The van der Waals surface area contributed by atoms with Crippen LogP contribution in [0, 0.1) is 5.41 Å². The van der Waals surface area contributed by atoms with Crippen molar-refractivity contribution in [2.45, 2.75) is 91.2 Å². The first-order valence-corrected chi connectivity index (χ1v) is 16.7. The quantitative estimate of drug-likeness (QED) is 0.114. The molecule has 6 N–H and O–H groups in total. The Hall–Kier alpha value is -4.45. The van der Waals surface area contributed by atoms with Gasteiger partial charge in [-0.2, -0.15) is 4.99 Å². The summed E-state index contributed by atoms with van der Waals surface area (Å²) < 4.78 is 11.0. The van der Waals surface area contributed by atoms with Gasteiger partial charge in [-0.25, -0.2) is 9.59 Å². The fraction of sp³-hybridized carbons (Fsp3) is 0.528. The minimum absolute atomic E-state index is 0.0184. The summed E-state index contributed by atoms with van der Waals surface area (Å²) in [5.74, 6) is -0.846. The molecule has 48 heavy (non-hydrogen) atoms. The van der Waals surface area contributed by atoms with Gasteiger partial charge in [0.2, 0.25) is 11.9 Å². The van der Waals surface area contributed by atoms with Crippen molar-refractivity contribution in [1.82, 2.24) is 21.3 Å². The number of hydrogen-bond donors (Lipinski definition) is 5. The third-order valence-electron chi connectivity index (χ3n) is 7.57. The zero-order valence-electron chi connectivity index (χ0n) is 29.1. The van der Waals surface area contributed by atoms with Gasteiger partial charge in [0.1, 0.15) is 18.2 Å². The SMILES string of the molecule is CC(C)(C)OC(=O)N/C(=N\C(=O)C(C)(C)C)NCCCCC(NC(=O)OCC1c2ccccc2-c2ccccc21)C(=O)NCCCCN. The zero-order chi connectivity index (χ0) is 35.3. The highest BCUT2D eigenvalue weighted by atomic mass is 16.6. The number of nitrogens with zero attached hydrogens (tertiary/aromatic N) is 1. The topological polar surface area (TPSA) is 173 Å². The molecule has 0 saturated heterocycles. The van der Waals surface area contributed by atoms with Crippen LogP contribution in [0.15, 0.2) is 53.5 Å². The van der Waals surface area contributed by atoms with E-state index in [1.165, 1.54) is 0 Å². The Bertz CT molecular complexity index is 1400. The lowest BCUT2D eigenvalue weighted by atomic mass is 9.96. The number of nitrogens with two attached hydrogens (primary N) is 1. The number of hydrogen-bond acceptors (Lipinski definition) is 7. The molecule has 3 rings (SSSR count). The number of fused-ring (bicyclic) bond motifs is 3. The molecule has 0 bridgehead atoms. The van der Waals surface area contributed by atoms with E-state index in [1.807, 2.05) is 36.4 Å². The normalized spacial score (nSPS) is 13.5. The van der Waals surface area contributed by atoms with E-state index in [4.69, 9.17) is 15.2 Å². The molecule has 12 heteroatoms.